The van der Waals surface area contributed by atoms with E-state index in [-0.39, 0.29) is 5.41 Å². The van der Waals surface area contributed by atoms with Crippen molar-refractivity contribution in [2.45, 2.75) is 37.6 Å². The van der Waals surface area contributed by atoms with Crippen molar-refractivity contribution in [1.82, 2.24) is 9.80 Å². The monoisotopic (exact) mass is 468 g/mol. The van der Waals surface area contributed by atoms with Crippen LogP contribution < -0.4 is 0 Å². The largest absolute Gasteiger partial charge is 0.478 e. The lowest BCUT2D eigenvalue weighted by Crippen LogP contribution is -2.43. The van der Waals surface area contributed by atoms with Crippen LogP contribution in [0.3, 0.4) is 0 Å². The van der Waals surface area contributed by atoms with Gasteiger partial charge in [-0.05, 0) is 60.5 Å². The number of rotatable bonds is 7. The zero-order valence-electron chi connectivity index (χ0n) is 20.6. The predicted molar refractivity (Wildman–Crippen MR) is 141 cm³/mol. The SMILES string of the molecule is CC1(c2ccccc2C(=O)O)CN(Cc2ccccc2)CC1CN1CCC(c2ccccc2)CC1. The van der Waals surface area contributed by atoms with Crippen molar-refractivity contribution in [3.8, 4) is 0 Å². The minimum Gasteiger partial charge on any atom is -0.478 e. The van der Waals surface area contributed by atoms with Crippen LogP contribution >= 0.6 is 0 Å². The Morgan fingerprint density at radius 2 is 1.51 bits per heavy atom. The number of benzene rings is 3. The van der Waals surface area contributed by atoms with Gasteiger partial charge in [0.2, 0.25) is 0 Å². The molecule has 2 unspecified atom stereocenters. The lowest BCUT2D eigenvalue weighted by molar-refractivity contribution is 0.0692. The molecule has 2 heterocycles. The Labute approximate surface area is 209 Å². The first kappa shape index (κ1) is 23.8. The van der Waals surface area contributed by atoms with Crippen molar-refractivity contribution < 1.29 is 9.90 Å². The molecule has 0 radical (unpaired) electrons. The number of likely N-dealkylation sites (tertiary alicyclic amines) is 2. The Hall–Kier alpha value is -2.95. The fraction of sp³-hybridized carbons (Fsp3) is 0.387. The van der Waals surface area contributed by atoms with Gasteiger partial charge >= 0.3 is 5.97 Å². The van der Waals surface area contributed by atoms with Gasteiger partial charge in [0.15, 0.2) is 0 Å². The van der Waals surface area contributed by atoms with Crippen LogP contribution in [0.5, 0.6) is 0 Å². The Balaban J connectivity index is 1.35. The molecule has 0 spiro atoms. The second kappa shape index (κ2) is 10.3. The van der Waals surface area contributed by atoms with E-state index in [4.69, 9.17) is 0 Å². The maximum absolute atomic E-state index is 12.1. The summed E-state index contributed by atoms with van der Waals surface area (Å²) >= 11 is 0. The lowest BCUT2D eigenvalue weighted by atomic mass is 9.72. The first-order chi connectivity index (χ1) is 17.0. The van der Waals surface area contributed by atoms with E-state index in [0.717, 1.165) is 44.8 Å². The number of carboxylic acid groups (broad SMARTS) is 1. The molecule has 2 saturated heterocycles. The summed E-state index contributed by atoms with van der Waals surface area (Å²) in [4.78, 5) is 17.3. The topological polar surface area (TPSA) is 43.8 Å². The molecule has 2 aliphatic heterocycles. The summed E-state index contributed by atoms with van der Waals surface area (Å²) < 4.78 is 0. The Kier molecular flexibility index (Phi) is 7.03. The number of carboxylic acids is 1. The second-order valence-electron chi connectivity index (χ2n) is 10.6. The number of aromatic carboxylic acids is 1. The van der Waals surface area contributed by atoms with Crippen LogP contribution in [0.15, 0.2) is 84.9 Å². The van der Waals surface area contributed by atoms with Crippen molar-refractivity contribution >= 4 is 5.97 Å². The quantitative estimate of drug-likeness (QED) is 0.486. The van der Waals surface area contributed by atoms with Crippen LogP contribution in [-0.2, 0) is 12.0 Å². The molecule has 3 aromatic rings. The van der Waals surface area contributed by atoms with Crippen molar-refractivity contribution in [3.05, 3.63) is 107 Å². The number of nitrogens with zero attached hydrogens (tertiary/aromatic N) is 2. The molecule has 2 fully saturated rings. The van der Waals surface area contributed by atoms with Crippen LogP contribution in [0.25, 0.3) is 0 Å². The highest BCUT2D eigenvalue weighted by molar-refractivity contribution is 5.90. The number of hydrogen-bond acceptors (Lipinski definition) is 3. The van der Waals surface area contributed by atoms with Gasteiger partial charge in [0.25, 0.3) is 0 Å². The van der Waals surface area contributed by atoms with Gasteiger partial charge < -0.3 is 10.0 Å². The van der Waals surface area contributed by atoms with E-state index in [1.807, 2.05) is 18.2 Å². The van der Waals surface area contributed by atoms with Crippen LogP contribution in [0.4, 0.5) is 0 Å². The average Bonchev–Trinajstić information content (AvgIpc) is 3.21. The molecule has 0 aromatic heterocycles. The third-order valence-electron chi connectivity index (χ3n) is 8.29. The first-order valence-electron chi connectivity index (χ1n) is 12.9. The van der Waals surface area contributed by atoms with Crippen molar-refractivity contribution in [3.63, 3.8) is 0 Å². The predicted octanol–water partition coefficient (Wildman–Crippen LogP) is 5.65. The van der Waals surface area contributed by atoms with Crippen LogP contribution in [0.2, 0.25) is 0 Å². The highest BCUT2D eigenvalue weighted by atomic mass is 16.4. The summed E-state index contributed by atoms with van der Waals surface area (Å²) in [5.74, 6) is 0.190. The van der Waals surface area contributed by atoms with Crippen LogP contribution in [0, 0.1) is 5.92 Å². The molecule has 4 nitrogen and oxygen atoms in total. The van der Waals surface area contributed by atoms with E-state index in [0.29, 0.717) is 17.4 Å². The highest BCUT2D eigenvalue weighted by Gasteiger charge is 2.46. The first-order valence-corrected chi connectivity index (χ1v) is 12.9. The summed E-state index contributed by atoms with van der Waals surface area (Å²) in [6, 6.07) is 29.2. The van der Waals surface area contributed by atoms with Crippen molar-refractivity contribution in [2.75, 3.05) is 32.7 Å². The molecule has 4 heteroatoms. The summed E-state index contributed by atoms with van der Waals surface area (Å²) in [6.07, 6.45) is 2.37. The zero-order valence-corrected chi connectivity index (χ0v) is 20.6. The van der Waals surface area contributed by atoms with Gasteiger partial charge in [0.05, 0.1) is 5.56 Å². The Morgan fingerprint density at radius 3 is 2.20 bits per heavy atom. The van der Waals surface area contributed by atoms with Crippen LogP contribution in [-0.4, -0.2) is 53.6 Å². The van der Waals surface area contributed by atoms with Crippen LogP contribution in [0.1, 0.15) is 52.7 Å². The molecule has 0 bridgehead atoms. The zero-order chi connectivity index (χ0) is 24.3. The van der Waals surface area contributed by atoms with Gasteiger partial charge in [-0.25, -0.2) is 4.79 Å². The van der Waals surface area contributed by atoms with E-state index >= 15 is 0 Å². The Morgan fingerprint density at radius 1 is 0.886 bits per heavy atom. The summed E-state index contributed by atoms with van der Waals surface area (Å²) in [7, 11) is 0. The third kappa shape index (κ3) is 5.19. The number of carbonyl (C=O) groups is 1. The van der Waals surface area contributed by atoms with E-state index in [1.54, 1.807) is 6.07 Å². The van der Waals surface area contributed by atoms with Gasteiger partial charge in [-0.2, -0.15) is 0 Å². The molecule has 3 aromatic carbocycles. The fourth-order valence-electron chi connectivity index (χ4n) is 6.35. The smallest absolute Gasteiger partial charge is 0.335 e. The summed E-state index contributed by atoms with van der Waals surface area (Å²) in [6.45, 7) is 8.27. The molecule has 182 valence electrons. The molecule has 35 heavy (non-hydrogen) atoms. The van der Waals surface area contributed by atoms with E-state index in [9.17, 15) is 9.90 Å². The Bertz CT molecular complexity index is 1120. The molecule has 0 saturated carbocycles. The molecule has 1 N–H and O–H groups in total. The van der Waals surface area contributed by atoms with Gasteiger partial charge in [0, 0.05) is 31.6 Å². The summed E-state index contributed by atoms with van der Waals surface area (Å²) in [5.41, 5.74) is 3.99. The van der Waals surface area contributed by atoms with E-state index in [2.05, 4.69) is 77.4 Å². The molecule has 2 atom stereocenters. The molecule has 5 rings (SSSR count). The van der Waals surface area contributed by atoms with Gasteiger partial charge in [0.1, 0.15) is 0 Å². The maximum atomic E-state index is 12.1. The number of hydrogen-bond donors (Lipinski definition) is 1. The van der Waals surface area contributed by atoms with Gasteiger partial charge in [-0.3, -0.25) is 4.90 Å². The molecular weight excluding hydrogens is 432 g/mol. The lowest BCUT2D eigenvalue weighted by Gasteiger charge is -2.38. The average molecular weight is 469 g/mol. The molecular formula is C31H36N2O2. The fourth-order valence-corrected chi connectivity index (χ4v) is 6.35. The van der Waals surface area contributed by atoms with E-state index < -0.39 is 5.97 Å². The third-order valence-corrected chi connectivity index (χ3v) is 8.29. The van der Waals surface area contributed by atoms with Crippen molar-refractivity contribution in [2.24, 2.45) is 5.92 Å². The minimum absolute atomic E-state index is 0.208. The normalized spacial score (nSPS) is 24.0. The minimum atomic E-state index is -0.828. The summed E-state index contributed by atoms with van der Waals surface area (Å²) in [5, 5.41) is 9.96. The van der Waals surface area contributed by atoms with Crippen molar-refractivity contribution in [1.29, 1.82) is 0 Å². The highest BCUT2D eigenvalue weighted by Crippen LogP contribution is 2.42. The second-order valence-corrected chi connectivity index (χ2v) is 10.6. The standard InChI is InChI=1S/C31H36N2O2/c1-31(29-15-9-8-14-28(29)30(34)35)23-33(20-24-10-4-2-5-11-24)22-27(31)21-32-18-16-26(17-19-32)25-12-6-3-7-13-25/h2-15,26-27H,16-23H2,1H3,(H,34,35). The van der Waals surface area contributed by atoms with Gasteiger partial charge in [-0.1, -0.05) is 85.8 Å². The van der Waals surface area contributed by atoms with Gasteiger partial charge in [-0.15, -0.1) is 0 Å². The molecule has 0 amide bonds. The maximum Gasteiger partial charge on any atom is 0.335 e. The van der Waals surface area contributed by atoms with E-state index in [1.165, 1.54) is 24.0 Å². The molecule has 2 aliphatic rings. The number of piperidine rings is 1. The molecule has 0 aliphatic carbocycles.